The Hall–Kier alpha value is -1.55. The average molecular weight is 255 g/mol. The summed E-state index contributed by atoms with van der Waals surface area (Å²) in [6.07, 6.45) is 1.55. The fourth-order valence-electron chi connectivity index (χ4n) is 1.43. The Morgan fingerprint density at radius 1 is 1.47 bits per heavy atom. The van der Waals surface area contributed by atoms with Crippen LogP contribution in [0.15, 0.2) is 24.4 Å². The maximum Gasteiger partial charge on any atom is 0.147 e. The fraction of sp³-hybridized carbons (Fsp3) is 0.250. The van der Waals surface area contributed by atoms with Crippen molar-refractivity contribution in [3.05, 3.63) is 46.8 Å². The molecule has 0 bridgehead atoms. The van der Waals surface area contributed by atoms with Crippen molar-refractivity contribution in [2.24, 2.45) is 7.05 Å². The van der Waals surface area contributed by atoms with Crippen molar-refractivity contribution in [1.82, 2.24) is 9.55 Å². The molecular formula is C12H12ClFN2O. The van der Waals surface area contributed by atoms with Crippen molar-refractivity contribution in [3.8, 4) is 5.75 Å². The highest BCUT2D eigenvalue weighted by molar-refractivity contribution is 6.29. The van der Waals surface area contributed by atoms with Gasteiger partial charge in [-0.3, -0.25) is 0 Å². The van der Waals surface area contributed by atoms with Gasteiger partial charge in [0.05, 0.1) is 6.20 Å². The first-order valence-corrected chi connectivity index (χ1v) is 5.51. The van der Waals surface area contributed by atoms with E-state index in [4.69, 9.17) is 16.3 Å². The van der Waals surface area contributed by atoms with E-state index in [-0.39, 0.29) is 12.4 Å². The van der Waals surface area contributed by atoms with Gasteiger partial charge in [-0.1, -0.05) is 17.7 Å². The van der Waals surface area contributed by atoms with Gasteiger partial charge in [-0.05, 0) is 18.6 Å². The van der Waals surface area contributed by atoms with Gasteiger partial charge in [-0.2, -0.15) is 0 Å². The average Bonchev–Trinajstić information content (AvgIpc) is 2.62. The van der Waals surface area contributed by atoms with E-state index in [0.717, 1.165) is 5.56 Å². The van der Waals surface area contributed by atoms with Gasteiger partial charge in [0.25, 0.3) is 0 Å². The van der Waals surface area contributed by atoms with Crippen LogP contribution in [0.5, 0.6) is 5.75 Å². The van der Waals surface area contributed by atoms with Gasteiger partial charge in [0.2, 0.25) is 0 Å². The van der Waals surface area contributed by atoms with Crippen molar-refractivity contribution >= 4 is 11.6 Å². The summed E-state index contributed by atoms with van der Waals surface area (Å²) in [7, 11) is 1.80. The molecule has 1 aromatic carbocycles. The molecule has 0 unspecified atom stereocenters. The van der Waals surface area contributed by atoms with Gasteiger partial charge < -0.3 is 9.30 Å². The van der Waals surface area contributed by atoms with Crippen molar-refractivity contribution in [2.45, 2.75) is 13.5 Å². The second-order valence-corrected chi connectivity index (χ2v) is 4.14. The number of aryl methyl sites for hydroxylation is 1. The van der Waals surface area contributed by atoms with Crippen molar-refractivity contribution < 1.29 is 9.13 Å². The normalized spacial score (nSPS) is 10.6. The van der Waals surface area contributed by atoms with E-state index in [2.05, 4.69) is 4.98 Å². The minimum atomic E-state index is -0.316. The van der Waals surface area contributed by atoms with E-state index in [9.17, 15) is 4.39 Å². The summed E-state index contributed by atoms with van der Waals surface area (Å²) in [6.45, 7) is 2.12. The SMILES string of the molecule is Cc1ccc(F)cc1OCc1ncc(Cl)n1C. The molecule has 0 saturated heterocycles. The Kier molecular flexibility index (Phi) is 3.33. The first-order valence-electron chi connectivity index (χ1n) is 5.13. The van der Waals surface area contributed by atoms with Gasteiger partial charge in [-0.25, -0.2) is 9.37 Å². The van der Waals surface area contributed by atoms with E-state index < -0.39 is 0 Å². The molecule has 2 rings (SSSR count). The quantitative estimate of drug-likeness (QED) is 0.842. The van der Waals surface area contributed by atoms with Gasteiger partial charge in [-0.15, -0.1) is 0 Å². The highest BCUT2D eigenvalue weighted by Crippen LogP contribution is 2.20. The minimum Gasteiger partial charge on any atom is -0.485 e. The highest BCUT2D eigenvalue weighted by Gasteiger charge is 2.07. The van der Waals surface area contributed by atoms with Crippen molar-refractivity contribution in [3.63, 3.8) is 0 Å². The number of hydrogen-bond acceptors (Lipinski definition) is 2. The zero-order valence-corrected chi connectivity index (χ0v) is 10.3. The molecule has 90 valence electrons. The number of hydrogen-bond donors (Lipinski definition) is 0. The predicted molar refractivity (Wildman–Crippen MR) is 63.7 cm³/mol. The van der Waals surface area contributed by atoms with Crippen LogP contribution in [-0.2, 0) is 13.7 Å². The fourth-order valence-corrected chi connectivity index (χ4v) is 1.58. The number of imidazole rings is 1. The summed E-state index contributed by atoms with van der Waals surface area (Å²) in [5.41, 5.74) is 0.881. The molecule has 0 aliphatic rings. The molecule has 0 spiro atoms. The number of ether oxygens (including phenoxy) is 1. The maximum atomic E-state index is 13.0. The van der Waals surface area contributed by atoms with Gasteiger partial charge >= 0.3 is 0 Å². The van der Waals surface area contributed by atoms with Crippen molar-refractivity contribution in [2.75, 3.05) is 0 Å². The first kappa shape index (κ1) is 11.9. The van der Waals surface area contributed by atoms with Crippen LogP contribution >= 0.6 is 11.6 Å². The van der Waals surface area contributed by atoms with Crippen molar-refractivity contribution in [1.29, 1.82) is 0 Å². The Morgan fingerprint density at radius 3 is 2.88 bits per heavy atom. The summed E-state index contributed by atoms with van der Waals surface area (Å²) in [6, 6.07) is 4.44. The predicted octanol–water partition coefficient (Wildman–Crippen LogP) is 3.10. The lowest BCUT2D eigenvalue weighted by atomic mass is 10.2. The number of nitrogens with zero attached hydrogens (tertiary/aromatic N) is 2. The molecule has 0 N–H and O–H groups in total. The number of rotatable bonds is 3. The molecule has 0 amide bonds. The Labute approximate surface area is 104 Å². The third-order valence-electron chi connectivity index (χ3n) is 2.53. The second-order valence-electron chi connectivity index (χ2n) is 3.75. The number of aromatic nitrogens is 2. The van der Waals surface area contributed by atoms with Crippen LogP contribution in [0.3, 0.4) is 0 Å². The molecule has 17 heavy (non-hydrogen) atoms. The Balaban J connectivity index is 2.12. The van der Waals surface area contributed by atoms with E-state index in [1.807, 2.05) is 6.92 Å². The monoisotopic (exact) mass is 254 g/mol. The van der Waals surface area contributed by atoms with Crippen LogP contribution in [0.25, 0.3) is 0 Å². The molecule has 0 fully saturated rings. The second kappa shape index (κ2) is 4.75. The van der Waals surface area contributed by atoms with E-state index in [1.54, 1.807) is 23.9 Å². The maximum absolute atomic E-state index is 13.0. The molecule has 0 atom stereocenters. The summed E-state index contributed by atoms with van der Waals surface area (Å²) in [5.74, 6) is 0.895. The van der Waals surface area contributed by atoms with E-state index in [0.29, 0.717) is 16.7 Å². The van der Waals surface area contributed by atoms with Crippen LogP contribution in [0.1, 0.15) is 11.4 Å². The Morgan fingerprint density at radius 2 is 2.24 bits per heavy atom. The lowest BCUT2D eigenvalue weighted by Gasteiger charge is -2.09. The molecule has 2 aromatic rings. The highest BCUT2D eigenvalue weighted by atomic mass is 35.5. The number of benzene rings is 1. The smallest absolute Gasteiger partial charge is 0.147 e. The standard InChI is InChI=1S/C12H12ClFN2O/c1-8-3-4-9(14)5-10(8)17-7-12-15-6-11(13)16(12)2/h3-6H,7H2,1-2H3. The molecule has 0 aliphatic carbocycles. The molecule has 0 saturated carbocycles. The third-order valence-corrected chi connectivity index (χ3v) is 2.89. The largest absolute Gasteiger partial charge is 0.485 e. The molecule has 0 aliphatic heterocycles. The molecular weight excluding hydrogens is 243 g/mol. The van der Waals surface area contributed by atoms with Gasteiger partial charge in [0.15, 0.2) is 0 Å². The van der Waals surface area contributed by atoms with E-state index in [1.165, 1.54) is 12.1 Å². The minimum absolute atomic E-state index is 0.257. The van der Waals surface area contributed by atoms with Crippen LogP contribution in [-0.4, -0.2) is 9.55 Å². The number of halogens is 2. The third kappa shape index (κ3) is 2.58. The topological polar surface area (TPSA) is 27.1 Å². The summed E-state index contributed by atoms with van der Waals surface area (Å²) < 4.78 is 20.3. The van der Waals surface area contributed by atoms with Gasteiger partial charge in [0, 0.05) is 13.1 Å². The van der Waals surface area contributed by atoms with Crippen LogP contribution in [0.2, 0.25) is 5.15 Å². The first-order chi connectivity index (χ1) is 8.08. The lowest BCUT2D eigenvalue weighted by molar-refractivity contribution is 0.288. The molecule has 5 heteroatoms. The Bertz CT molecular complexity index is 539. The molecule has 1 aromatic heterocycles. The van der Waals surface area contributed by atoms with Gasteiger partial charge in [0.1, 0.15) is 29.2 Å². The van der Waals surface area contributed by atoms with Crippen LogP contribution in [0.4, 0.5) is 4.39 Å². The summed E-state index contributed by atoms with van der Waals surface area (Å²) in [5, 5.41) is 0.541. The summed E-state index contributed by atoms with van der Waals surface area (Å²) in [4.78, 5) is 4.09. The van der Waals surface area contributed by atoms with E-state index >= 15 is 0 Å². The summed E-state index contributed by atoms with van der Waals surface area (Å²) >= 11 is 5.85. The van der Waals surface area contributed by atoms with Crippen LogP contribution in [0, 0.1) is 12.7 Å². The lowest BCUT2D eigenvalue weighted by Crippen LogP contribution is -2.04. The zero-order chi connectivity index (χ0) is 12.4. The zero-order valence-electron chi connectivity index (χ0n) is 9.58. The van der Waals surface area contributed by atoms with Crippen LogP contribution < -0.4 is 4.74 Å². The molecule has 0 radical (unpaired) electrons. The molecule has 3 nitrogen and oxygen atoms in total. The molecule has 1 heterocycles.